The first-order valence-electron chi connectivity index (χ1n) is 9.02. The van der Waals surface area contributed by atoms with E-state index >= 15 is 0 Å². The predicted octanol–water partition coefficient (Wildman–Crippen LogP) is 5.67. The van der Waals surface area contributed by atoms with E-state index < -0.39 is 0 Å². The number of hydrogen-bond donors (Lipinski definition) is 1. The highest BCUT2D eigenvalue weighted by molar-refractivity contribution is 7.11. The van der Waals surface area contributed by atoms with Crippen LogP contribution in [0.1, 0.15) is 5.01 Å². The molecule has 0 fully saturated rings. The summed E-state index contributed by atoms with van der Waals surface area (Å²) in [5.41, 5.74) is 3.13. The van der Waals surface area contributed by atoms with Crippen molar-refractivity contribution in [3.63, 3.8) is 0 Å². The van der Waals surface area contributed by atoms with Crippen molar-refractivity contribution in [2.45, 2.75) is 0 Å². The van der Waals surface area contributed by atoms with Gasteiger partial charge >= 0.3 is 0 Å². The van der Waals surface area contributed by atoms with Crippen molar-refractivity contribution < 1.29 is 9.47 Å². The van der Waals surface area contributed by atoms with E-state index in [0.717, 1.165) is 28.1 Å². The highest BCUT2D eigenvalue weighted by Gasteiger charge is 2.16. The van der Waals surface area contributed by atoms with Gasteiger partial charge in [0.05, 0.1) is 5.69 Å². The number of hydrogen-bond acceptors (Lipinski definition) is 6. The third-order valence-electron chi connectivity index (χ3n) is 4.66. The second kappa shape index (κ2) is 7.30. The molecule has 0 saturated heterocycles. The van der Waals surface area contributed by atoms with Crippen molar-refractivity contribution in [1.82, 2.24) is 4.98 Å². The number of benzene rings is 3. The number of anilines is 1. The van der Waals surface area contributed by atoms with E-state index in [2.05, 4.69) is 40.6 Å². The lowest BCUT2D eigenvalue weighted by atomic mass is 10.1. The minimum atomic E-state index is 0.239. The van der Waals surface area contributed by atoms with Crippen LogP contribution < -0.4 is 14.8 Å². The van der Waals surface area contributed by atoms with Crippen LogP contribution in [0.25, 0.3) is 27.6 Å². The van der Waals surface area contributed by atoms with E-state index in [1.807, 2.05) is 41.8 Å². The maximum atomic E-state index is 9.61. The monoisotopic (exact) mass is 397 g/mol. The predicted molar refractivity (Wildman–Crippen MR) is 115 cm³/mol. The maximum absolute atomic E-state index is 9.61. The fourth-order valence-electron chi connectivity index (χ4n) is 3.16. The quantitative estimate of drug-likeness (QED) is 0.450. The van der Waals surface area contributed by atoms with Crippen molar-refractivity contribution in [2.75, 3.05) is 12.1 Å². The van der Waals surface area contributed by atoms with Crippen LogP contribution in [0, 0.1) is 11.3 Å². The Morgan fingerprint density at radius 3 is 2.79 bits per heavy atom. The number of thiazole rings is 1. The van der Waals surface area contributed by atoms with Crippen molar-refractivity contribution in [2.24, 2.45) is 0 Å². The summed E-state index contributed by atoms with van der Waals surface area (Å²) in [4.78, 5) is 4.63. The van der Waals surface area contributed by atoms with Crippen LogP contribution in [0.3, 0.4) is 0 Å². The molecule has 0 amide bonds. The average molecular weight is 397 g/mol. The zero-order valence-electron chi connectivity index (χ0n) is 15.3. The van der Waals surface area contributed by atoms with Gasteiger partial charge in [-0.2, -0.15) is 5.26 Å². The van der Waals surface area contributed by atoms with Crippen LogP contribution in [0.15, 0.2) is 72.2 Å². The molecule has 1 aromatic heterocycles. The Morgan fingerprint density at radius 2 is 1.90 bits per heavy atom. The number of allylic oxidation sites excluding steroid dienone is 1. The van der Waals surface area contributed by atoms with Gasteiger partial charge in [0.1, 0.15) is 16.6 Å². The lowest BCUT2D eigenvalue weighted by Gasteiger charge is -2.04. The second-order valence-corrected chi connectivity index (χ2v) is 7.34. The average Bonchev–Trinajstić information content (AvgIpc) is 3.43. The lowest BCUT2D eigenvalue weighted by Crippen LogP contribution is -1.92. The highest BCUT2D eigenvalue weighted by Crippen LogP contribution is 2.36. The van der Waals surface area contributed by atoms with Gasteiger partial charge in [-0.05, 0) is 41.1 Å². The fourth-order valence-corrected chi connectivity index (χ4v) is 3.96. The van der Waals surface area contributed by atoms with Crippen LogP contribution in [-0.4, -0.2) is 11.8 Å². The van der Waals surface area contributed by atoms with E-state index in [9.17, 15) is 5.26 Å². The van der Waals surface area contributed by atoms with Gasteiger partial charge in [0.25, 0.3) is 0 Å². The van der Waals surface area contributed by atoms with Gasteiger partial charge in [-0.15, -0.1) is 11.3 Å². The molecule has 0 aliphatic carbocycles. The van der Waals surface area contributed by atoms with E-state index in [0.29, 0.717) is 16.3 Å². The Labute approximate surface area is 171 Å². The number of nitrogens with zero attached hydrogens (tertiary/aromatic N) is 2. The van der Waals surface area contributed by atoms with Crippen LogP contribution in [0.4, 0.5) is 5.69 Å². The summed E-state index contributed by atoms with van der Waals surface area (Å²) in [5, 5.41) is 17.7. The standard InChI is InChI=1S/C23H15N3O2S/c24-11-18(12-25-19-7-5-15-3-1-2-4-16(15)9-19)23-26-20(13-29-23)17-6-8-21-22(10-17)28-14-27-21/h1-10,12-13,25H,14H2/b18-12-. The summed E-state index contributed by atoms with van der Waals surface area (Å²) < 4.78 is 10.8. The van der Waals surface area contributed by atoms with Crippen molar-refractivity contribution >= 4 is 33.4 Å². The molecule has 3 aromatic carbocycles. The Balaban J connectivity index is 1.39. The summed E-state index contributed by atoms with van der Waals surface area (Å²) in [6.45, 7) is 0.239. The summed E-state index contributed by atoms with van der Waals surface area (Å²) in [6.07, 6.45) is 1.70. The van der Waals surface area contributed by atoms with Gasteiger partial charge in [0, 0.05) is 22.8 Å². The third kappa shape index (κ3) is 3.40. The molecule has 140 valence electrons. The number of ether oxygens (including phenoxy) is 2. The first-order valence-corrected chi connectivity index (χ1v) is 9.90. The molecule has 0 saturated carbocycles. The molecule has 1 aliphatic rings. The Bertz CT molecular complexity index is 1290. The molecule has 0 bridgehead atoms. The molecule has 2 heterocycles. The molecule has 0 spiro atoms. The molecule has 5 rings (SSSR count). The molecule has 6 heteroatoms. The van der Waals surface area contributed by atoms with Crippen LogP contribution in [0.5, 0.6) is 11.5 Å². The second-order valence-electron chi connectivity index (χ2n) is 6.48. The number of fused-ring (bicyclic) bond motifs is 2. The van der Waals surface area contributed by atoms with E-state index in [1.165, 1.54) is 16.7 Å². The number of nitrogens with one attached hydrogen (secondary N) is 1. The van der Waals surface area contributed by atoms with Gasteiger partial charge in [0.2, 0.25) is 6.79 Å². The van der Waals surface area contributed by atoms with Crippen LogP contribution in [0.2, 0.25) is 0 Å². The van der Waals surface area contributed by atoms with Gasteiger partial charge in [-0.1, -0.05) is 30.3 Å². The fraction of sp³-hybridized carbons (Fsp3) is 0.0435. The Kier molecular flexibility index (Phi) is 4.35. The number of aromatic nitrogens is 1. The van der Waals surface area contributed by atoms with Gasteiger partial charge in [-0.25, -0.2) is 4.98 Å². The smallest absolute Gasteiger partial charge is 0.231 e. The van der Waals surface area contributed by atoms with Gasteiger partial charge in [0.15, 0.2) is 11.5 Å². The van der Waals surface area contributed by atoms with Crippen molar-refractivity contribution in [1.29, 1.82) is 5.26 Å². The van der Waals surface area contributed by atoms with Crippen molar-refractivity contribution in [3.05, 3.63) is 77.3 Å². The minimum Gasteiger partial charge on any atom is -0.454 e. The summed E-state index contributed by atoms with van der Waals surface area (Å²) in [7, 11) is 0. The molecule has 4 aromatic rings. The molecule has 0 atom stereocenters. The minimum absolute atomic E-state index is 0.239. The molecule has 0 radical (unpaired) electrons. The van der Waals surface area contributed by atoms with Gasteiger partial charge < -0.3 is 14.8 Å². The largest absolute Gasteiger partial charge is 0.454 e. The number of nitriles is 1. The summed E-state index contributed by atoms with van der Waals surface area (Å²) >= 11 is 1.43. The summed E-state index contributed by atoms with van der Waals surface area (Å²) in [5.74, 6) is 1.45. The first-order chi connectivity index (χ1) is 14.3. The zero-order valence-corrected chi connectivity index (χ0v) is 16.1. The summed E-state index contributed by atoms with van der Waals surface area (Å²) in [6, 6.07) is 22.2. The molecular formula is C23H15N3O2S. The number of rotatable bonds is 4. The van der Waals surface area contributed by atoms with Crippen LogP contribution >= 0.6 is 11.3 Å². The normalized spacial score (nSPS) is 12.7. The topological polar surface area (TPSA) is 67.2 Å². The first kappa shape index (κ1) is 17.3. The van der Waals surface area contributed by atoms with Crippen LogP contribution in [-0.2, 0) is 0 Å². The molecule has 1 N–H and O–H groups in total. The van der Waals surface area contributed by atoms with E-state index in [1.54, 1.807) is 6.20 Å². The molecular weight excluding hydrogens is 382 g/mol. The van der Waals surface area contributed by atoms with E-state index in [4.69, 9.17) is 9.47 Å². The Morgan fingerprint density at radius 1 is 1.03 bits per heavy atom. The maximum Gasteiger partial charge on any atom is 0.231 e. The SMILES string of the molecule is N#C/C(=C/Nc1ccc2ccccc2c1)c1nc(-c2ccc3c(c2)OCO3)cs1. The third-order valence-corrected chi connectivity index (χ3v) is 5.53. The van der Waals surface area contributed by atoms with E-state index in [-0.39, 0.29) is 6.79 Å². The molecule has 1 aliphatic heterocycles. The van der Waals surface area contributed by atoms with Gasteiger partial charge in [-0.3, -0.25) is 0 Å². The molecule has 0 unspecified atom stereocenters. The van der Waals surface area contributed by atoms with Crippen molar-refractivity contribution in [3.8, 4) is 28.8 Å². The molecule has 29 heavy (non-hydrogen) atoms. The lowest BCUT2D eigenvalue weighted by molar-refractivity contribution is 0.174. The zero-order chi connectivity index (χ0) is 19.6. The molecule has 5 nitrogen and oxygen atoms in total. The Hall–Kier alpha value is -3.82. The highest BCUT2D eigenvalue weighted by atomic mass is 32.1.